The molecule has 0 radical (unpaired) electrons. The van der Waals surface area contributed by atoms with Gasteiger partial charge in [0, 0.05) is 10.0 Å². The highest BCUT2D eigenvalue weighted by Crippen LogP contribution is 2.41. The monoisotopic (exact) mass is 333 g/mol. The summed E-state index contributed by atoms with van der Waals surface area (Å²) in [6, 6.07) is 2.09. The molecule has 0 aliphatic carbocycles. The van der Waals surface area contributed by atoms with Crippen molar-refractivity contribution in [2.75, 3.05) is 7.11 Å². The van der Waals surface area contributed by atoms with Crippen molar-refractivity contribution in [3.63, 3.8) is 0 Å². The van der Waals surface area contributed by atoms with Crippen molar-refractivity contribution in [2.45, 2.75) is 27.2 Å². The quantitative estimate of drug-likeness (QED) is 0.928. The van der Waals surface area contributed by atoms with E-state index < -0.39 is 0 Å². The topological polar surface area (TPSA) is 61.7 Å². The van der Waals surface area contributed by atoms with E-state index in [4.69, 9.17) is 10.00 Å². The van der Waals surface area contributed by atoms with Crippen molar-refractivity contribution in [2.24, 2.45) is 0 Å². The molecule has 1 heterocycles. The molecule has 0 fully saturated rings. The Balaban J connectivity index is 2.69. The molecule has 0 saturated heterocycles. The van der Waals surface area contributed by atoms with E-state index in [2.05, 4.69) is 38.9 Å². The second-order valence-electron chi connectivity index (χ2n) is 4.68. The van der Waals surface area contributed by atoms with Crippen molar-refractivity contribution in [1.29, 1.82) is 5.26 Å². The molecule has 0 bridgehead atoms. The first-order chi connectivity index (χ1) is 9.51. The number of rotatable bonds is 3. The van der Waals surface area contributed by atoms with E-state index in [1.807, 2.05) is 13.8 Å². The number of nitrogens with zero attached hydrogens (tertiary/aromatic N) is 2. The average Bonchev–Trinajstić information content (AvgIpc) is 2.89. The van der Waals surface area contributed by atoms with Crippen LogP contribution in [0.2, 0.25) is 0 Å². The Hall–Kier alpha value is -1.80. The van der Waals surface area contributed by atoms with Gasteiger partial charge in [-0.2, -0.15) is 5.26 Å². The van der Waals surface area contributed by atoms with E-state index in [0.717, 1.165) is 32.6 Å². The Morgan fingerprint density at radius 2 is 2.00 bits per heavy atom. The number of aromatic nitrogens is 2. The molecule has 0 aliphatic rings. The van der Waals surface area contributed by atoms with Crippen LogP contribution in [0.3, 0.4) is 0 Å². The standard InChI is InChI=1S/C15H16BrN3O/c1-8-9(2)15(20-4)13(10(3)14(8)16)11-7-18-12(19-11)5-6-17/h7H,5H2,1-4H3,(H,18,19). The summed E-state index contributed by atoms with van der Waals surface area (Å²) in [7, 11) is 1.67. The van der Waals surface area contributed by atoms with Gasteiger partial charge in [0.25, 0.3) is 0 Å². The lowest BCUT2D eigenvalue weighted by atomic mass is 9.97. The fourth-order valence-corrected chi connectivity index (χ4v) is 2.81. The van der Waals surface area contributed by atoms with Crippen LogP contribution >= 0.6 is 15.9 Å². The summed E-state index contributed by atoms with van der Waals surface area (Å²) >= 11 is 3.64. The molecule has 1 aromatic heterocycles. The van der Waals surface area contributed by atoms with Gasteiger partial charge in [-0.25, -0.2) is 4.98 Å². The van der Waals surface area contributed by atoms with E-state index in [0.29, 0.717) is 5.82 Å². The number of ether oxygens (including phenoxy) is 1. The summed E-state index contributed by atoms with van der Waals surface area (Å²) in [5.41, 5.74) is 5.21. The predicted molar refractivity (Wildman–Crippen MR) is 81.8 cm³/mol. The lowest BCUT2D eigenvalue weighted by Crippen LogP contribution is -1.99. The molecule has 5 heteroatoms. The largest absolute Gasteiger partial charge is 0.496 e. The Morgan fingerprint density at radius 1 is 1.30 bits per heavy atom. The minimum absolute atomic E-state index is 0.271. The number of methoxy groups -OCH3 is 1. The molecule has 0 amide bonds. The van der Waals surface area contributed by atoms with Gasteiger partial charge in [0.2, 0.25) is 0 Å². The minimum atomic E-state index is 0.271. The van der Waals surface area contributed by atoms with Crippen LogP contribution in [0, 0.1) is 32.1 Å². The third kappa shape index (κ3) is 2.32. The number of imidazole rings is 1. The summed E-state index contributed by atoms with van der Waals surface area (Å²) < 4.78 is 6.65. The lowest BCUT2D eigenvalue weighted by molar-refractivity contribution is 0.412. The van der Waals surface area contributed by atoms with E-state index >= 15 is 0 Å². The number of benzene rings is 1. The van der Waals surface area contributed by atoms with Gasteiger partial charge in [-0.1, -0.05) is 15.9 Å². The molecule has 0 atom stereocenters. The maximum atomic E-state index is 8.74. The Morgan fingerprint density at radius 3 is 2.60 bits per heavy atom. The second kappa shape index (κ2) is 5.68. The Bertz CT molecular complexity index is 698. The molecule has 0 unspecified atom stereocenters. The van der Waals surface area contributed by atoms with Crippen molar-refractivity contribution in [1.82, 2.24) is 9.97 Å². The van der Waals surface area contributed by atoms with Crippen LogP contribution in [0.5, 0.6) is 5.75 Å². The maximum Gasteiger partial charge on any atom is 0.131 e. The molecule has 1 N–H and O–H groups in total. The number of H-pyrrole nitrogens is 1. The Kier molecular flexibility index (Phi) is 4.15. The van der Waals surface area contributed by atoms with Gasteiger partial charge in [-0.3, -0.25) is 0 Å². The highest BCUT2D eigenvalue weighted by molar-refractivity contribution is 9.10. The number of hydrogen-bond donors (Lipinski definition) is 1. The molecule has 0 aliphatic heterocycles. The molecular formula is C15H16BrN3O. The number of halogens is 1. The van der Waals surface area contributed by atoms with Gasteiger partial charge in [-0.15, -0.1) is 0 Å². The Labute approximate surface area is 126 Å². The minimum Gasteiger partial charge on any atom is -0.496 e. The molecule has 104 valence electrons. The predicted octanol–water partition coefficient (Wildman–Crippen LogP) is 3.84. The maximum absolute atomic E-state index is 8.74. The summed E-state index contributed by atoms with van der Waals surface area (Å²) in [4.78, 5) is 7.42. The first kappa shape index (κ1) is 14.6. The molecule has 20 heavy (non-hydrogen) atoms. The average molecular weight is 334 g/mol. The first-order valence-corrected chi connectivity index (χ1v) is 7.05. The van der Waals surface area contributed by atoms with E-state index in [9.17, 15) is 0 Å². The van der Waals surface area contributed by atoms with Crippen molar-refractivity contribution < 1.29 is 4.74 Å². The molecule has 1 aromatic carbocycles. The van der Waals surface area contributed by atoms with Crippen LogP contribution in [-0.2, 0) is 6.42 Å². The van der Waals surface area contributed by atoms with Crippen LogP contribution < -0.4 is 4.74 Å². The van der Waals surface area contributed by atoms with Gasteiger partial charge in [-0.05, 0) is 37.5 Å². The van der Waals surface area contributed by atoms with Crippen molar-refractivity contribution in [3.8, 4) is 23.1 Å². The molecule has 4 nitrogen and oxygen atoms in total. The number of nitriles is 1. The second-order valence-corrected chi connectivity index (χ2v) is 5.47. The van der Waals surface area contributed by atoms with Crippen LogP contribution in [0.15, 0.2) is 10.7 Å². The van der Waals surface area contributed by atoms with Crippen LogP contribution in [0.25, 0.3) is 11.3 Å². The zero-order chi connectivity index (χ0) is 14.9. The smallest absolute Gasteiger partial charge is 0.131 e. The van der Waals surface area contributed by atoms with E-state index in [1.54, 1.807) is 13.3 Å². The SMILES string of the molecule is COc1c(C)c(C)c(Br)c(C)c1-c1cnc(CC#N)[nH]1. The normalized spacial score (nSPS) is 10.4. The zero-order valence-electron chi connectivity index (χ0n) is 12.0. The highest BCUT2D eigenvalue weighted by atomic mass is 79.9. The van der Waals surface area contributed by atoms with Crippen LogP contribution in [0.4, 0.5) is 0 Å². The van der Waals surface area contributed by atoms with Gasteiger partial charge in [0.1, 0.15) is 11.6 Å². The van der Waals surface area contributed by atoms with Gasteiger partial charge < -0.3 is 9.72 Å². The van der Waals surface area contributed by atoms with Crippen LogP contribution in [0.1, 0.15) is 22.5 Å². The molecule has 2 rings (SSSR count). The van der Waals surface area contributed by atoms with Gasteiger partial charge in [0.15, 0.2) is 0 Å². The van der Waals surface area contributed by atoms with Gasteiger partial charge >= 0.3 is 0 Å². The third-order valence-electron chi connectivity index (χ3n) is 3.51. The fraction of sp³-hybridized carbons (Fsp3) is 0.333. The third-order valence-corrected chi connectivity index (χ3v) is 4.70. The highest BCUT2D eigenvalue weighted by Gasteiger charge is 2.19. The molecule has 2 aromatic rings. The zero-order valence-corrected chi connectivity index (χ0v) is 13.6. The summed E-state index contributed by atoms with van der Waals surface area (Å²) in [6.45, 7) is 6.14. The number of nitrogens with one attached hydrogen (secondary N) is 1. The lowest BCUT2D eigenvalue weighted by Gasteiger charge is -2.17. The summed E-state index contributed by atoms with van der Waals surface area (Å²) in [6.07, 6.45) is 2.02. The summed E-state index contributed by atoms with van der Waals surface area (Å²) in [5.74, 6) is 1.51. The molecular weight excluding hydrogens is 318 g/mol. The number of hydrogen-bond acceptors (Lipinski definition) is 3. The van der Waals surface area contributed by atoms with E-state index in [1.165, 1.54) is 5.56 Å². The van der Waals surface area contributed by atoms with Crippen LogP contribution in [-0.4, -0.2) is 17.1 Å². The van der Waals surface area contributed by atoms with Crippen molar-refractivity contribution >= 4 is 15.9 Å². The molecule has 0 saturated carbocycles. The van der Waals surface area contributed by atoms with Gasteiger partial charge in [0.05, 0.1) is 31.5 Å². The van der Waals surface area contributed by atoms with E-state index in [-0.39, 0.29) is 6.42 Å². The fourth-order valence-electron chi connectivity index (χ4n) is 2.32. The summed E-state index contributed by atoms with van der Waals surface area (Å²) in [5, 5.41) is 8.74. The number of aromatic amines is 1. The molecule has 0 spiro atoms. The van der Waals surface area contributed by atoms with Crippen molar-refractivity contribution in [3.05, 3.63) is 33.2 Å². The first-order valence-electron chi connectivity index (χ1n) is 6.25.